The van der Waals surface area contributed by atoms with E-state index < -0.39 is 5.82 Å². The number of hydrogen-bond donors (Lipinski definition) is 1. The SMILES string of the molecule is Nc1ccc2c(c1)COCC1CN(c3ncc(F)cn3)CCN21. The number of aromatic nitrogens is 2. The number of nitrogens with zero attached hydrogens (tertiary/aromatic N) is 4. The summed E-state index contributed by atoms with van der Waals surface area (Å²) in [6.45, 7) is 3.57. The molecule has 4 rings (SSSR count). The normalized spacial score (nSPS) is 20.7. The molecule has 0 radical (unpaired) electrons. The molecule has 1 saturated heterocycles. The molecule has 120 valence electrons. The Kier molecular flexibility index (Phi) is 3.49. The Hall–Kier alpha value is -2.41. The molecule has 0 aliphatic carbocycles. The maximum absolute atomic E-state index is 13.0. The first kappa shape index (κ1) is 14.2. The molecule has 1 unspecified atom stereocenters. The first-order chi connectivity index (χ1) is 11.2. The summed E-state index contributed by atoms with van der Waals surface area (Å²) in [6.07, 6.45) is 2.41. The molecule has 0 amide bonds. The van der Waals surface area contributed by atoms with Crippen molar-refractivity contribution in [2.45, 2.75) is 12.6 Å². The van der Waals surface area contributed by atoms with E-state index in [0.717, 1.165) is 30.9 Å². The molecular formula is C16H18FN5O. The van der Waals surface area contributed by atoms with Gasteiger partial charge in [-0.2, -0.15) is 0 Å². The van der Waals surface area contributed by atoms with E-state index in [0.29, 0.717) is 19.2 Å². The fourth-order valence-corrected chi connectivity index (χ4v) is 3.27. The van der Waals surface area contributed by atoms with Crippen LogP contribution in [0.5, 0.6) is 0 Å². The van der Waals surface area contributed by atoms with Crippen molar-refractivity contribution in [3.05, 3.63) is 42.0 Å². The van der Waals surface area contributed by atoms with Gasteiger partial charge in [0.15, 0.2) is 5.82 Å². The van der Waals surface area contributed by atoms with Gasteiger partial charge in [-0.3, -0.25) is 0 Å². The average molecular weight is 315 g/mol. The van der Waals surface area contributed by atoms with Crippen LogP contribution in [0.15, 0.2) is 30.6 Å². The molecule has 2 aliphatic rings. The van der Waals surface area contributed by atoms with Gasteiger partial charge in [0, 0.05) is 36.6 Å². The molecule has 2 N–H and O–H groups in total. The monoisotopic (exact) mass is 315 g/mol. The van der Waals surface area contributed by atoms with Gasteiger partial charge in [0.2, 0.25) is 5.95 Å². The third kappa shape index (κ3) is 2.68. The molecule has 2 aliphatic heterocycles. The van der Waals surface area contributed by atoms with Crippen molar-refractivity contribution in [3.63, 3.8) is 0 Å². The number of ether oxygens (including phenoxy) is 1. The predicted molar refractivity (Wildman–Crippen MR) is 85.8 cm³/mol. The molecule has 1 atom stereocenters. The van der Waals surface area contributed by atoms with Gasteiger partial charge >= 0.3 is 0 Å². The lowest BCUT2D eigenvalue weighted by atomic mass is 10.1. The lowest BCUT2D eigenvalue weighted by Gasteiger charge is -2.41. The zero-order valence-corrected chi connectivity index (χ0v) is 12.7. The highest BCUT2D eigenvalue weighted by atomic mass is 19.1. The van der Waals surface area contributed by atoms with Crippen molar-refractivity contribution < 1.29 is 9.13 Å². The molecule has 23 heavy (non-hydrogen) atoms. The van der Waals surface area contributed by atoms with Gasteiger partial charge in [0.25, 0.3) is 0 Å². The smallest absolute Gasteiger partial charge is 0.225 e. The zero-order valence-electron chi connectivity index (χ0n) is 12.7. The number of benzene rings is 1. The van der Waals surface area contributed by atoms with Crippen molar-refractivity contribution in [2.24, 2.45) is 0 Å². The van der Waals surface area contributed by atoms with E-state index in [9.17, 15) is 4.39 Å². The van der Waals surface area contributed by atoms with Crippen molar-refractivity contribution >= 4 is 17.3 Å². The highest BCUT2D eigenvalue weighted by Gasteiger charge is 2.31. The van der Waals surface area contributed by atoms with Crippen LogP contribution in [0.2, 0.25) is 0 Å². The van der Waals surface area contributed by atoms with E-state index in [4.69, 9.17) is 10.5 Å². The number of hydrogen-bond acceptors (Lipinski definition) is 6. The van der Waals surface area contributed by atoms with Gasteiger partial charge in [-0.15, -0.1) is 0 Å². The summed E-state index contributed by atoms with van der Waals surface area (Å²) in [6, 6.07) is 6.18. The number of nitrogens with two attached hydrogens (primary N) is 1. The Bertz CT molecular complexity index is 708. The predicted octanol–water partition coefficient (Wildman–Crippen LogP) is 1.42. The van der Waals surface area contributed by atoms with Gasteiger partial charge in [0.05, 0.1) is 31.6 Å². The second-order valence-electron chi connectivity index (χ2n) is 5.90. The zero-order chi connectivity index (χ0) is 15.8. The summed E-state index contributed by atoms with van der Waals surface area (Å²) in [5.41, 5.74) is 8.94. The molecule has 1 fully saturated rings. The molecule has 6 nitrogen and oxygen atoms in total. The average Bonchev–Trinajstić information content (AvgIpc) is 2.73. The van der Waals surface area contributed by atoms with E-state index in [1.54, 1.807) is 0 Å². The summed E-state index contributed by atoms with van der Waals surface area (Å²) < 4.78 is 18.8. The maximum Gasteiger partial charge on any atom is 0.225 e. The molecule has 7 heteroatoms. The summed E-state index contributed by atoms with van der Waals surface area (Å²) in [7, 11) is 0. The topological polar surface area (TPSA) is 67.5 Å². The van der Waals surface area contributed by atoms with Crippen LogP contribution in [0, 0.1) is 5.82 Å². The van der Waals surface area contributed by atoms with Crippen molar-refractivity contribution in [2.75, 3.05) is 41.8 Å². The van der Waals surface area contributed by atoms with Crippen LogP contribution in [0.3, 0.4) is 0 Å². The van der Waals surface area contributed by atoms with Crippen LogP contribution < -0.4 is 15.5 Å². The maximum atomic E-state index is 13.0. The van der Waals surface area contributed by atoms with E-state index in [1.807, 2.05) is 12.1 Å². The third-order valence-corrected chi connectivity index (χ3v) is 4.35. The highest BCUT2D eigenvalue weighted by Crippen LogP contribution is 2.30. The molecule has 2 aromatic rings. The summed E-state index contributed by atoms with van der Waals surface area (Å²) in [5, 5.41) is 0. The first-order valence-corrected chi connectivity index (χ1v) is 7.66. The first-order valence-electron chi connectivity index (χ1n) is 7.66. The molecular weight excluding hydrogens is 297 g/mol. The van der Waals surface area contributed by atoms with Crippen LogP contribution in [0.25, 0.3) is 0 Å². The lowest BCUT2D eigenvalue weighted by molar-refractivity contribution is 0.111. The van der Waals surface area contributed by atoms with Crippen molar-refractivity contribution in [1.29, 1.82) is 0 Å². The van der Waals surface area contributed by atoms with Crippen LogP contribution in [0.4, 0.5) is 21.7 Å². The Morgan fingerprint density at radius 2 is 2.04 bits per heavy atom. The van der Waals surface area contributed by atoms with E-state index in [2.05, 4.69) is 25.8 Å². The summed E-state index contributed by atoms with van der Waals surface area (Å²) in [5.74, 6) is 0.143. The van der Waals surface area contributed by atoms with E-state index in [1.165, 1.54) is 18.1 Å². The van der Waals surface area contributed by atoms with Gasteiger partial charge in [-0.05, 0) is 18.2 Å². The number of anilines is 3. The van der Waals surface area contributed by atoms with Crippen molar-refractivity contribution in [3.8, 4) is 0 Å². The largest absolute Gasteiger partial charge is 0.399 e. The lowest BCUT2D eigenvalue weighted by Crippen LogP contribution is -2.55. The highest BCUT2D eigenvalue weighted by molar-refractivity contribution is 5.61. The van der Waals surface area contributed by atoms with Gasteiger partial charge in [-0.25, -0.2) is 14.4 Å². The van der Waals surface area contributed by atoms with Gasteiger partial charge in [0.1, 0.15) is 0 Å². The molecule has 1 aromatic heterocycles. The van der Waals surface area contributed by atoms with Gasteiger partial charge < -0.3 is 20.3 Å². The summed E-state index contributed by atoms with van der Waals surface area (Å²) >= 11 is 0. The van der Waals surface area contributed by atoms with Crippen LogP contribution in [-0.2, 0) is 11.3 Å². The number of nitrogen functional groups attached to an aromatic ring is 1. The number of rotatable bonds is 1. The standard InChI is InChI=1S/C16H18FN5O/c17-12-6-19-16(20-7-12)21-3-4-22-14(8-21)10-23-9-11-5-13(18)1-2-15(11)22/h1-2,5-7,14H,3-4,8-10,18H2. The van der Waals surface area contributed by atoms with Crippen LogP contribution >= 0.6 is 0 Å². The Morgan fingerprint density at radius 1 is 1.22 bits per heavy atom. The Balaban J connectivity index is 1.58. The molecule has 0 bridgehead atoms. The fraction of sp³-hybridized carbons (Fsp3) is 0.375. The minimum absolute atomic E-state index is 0.210. The molecule has 1 aromatic carbocycles. The minimum Gasteiger partial charge on any atom is -0.399 e. The number of halogens is 1. The summed E-state index contributed by atoms with van der Waals surface area (Å²) in [4.78, 5) is 12.6. The fourth-order valence-electron chi connectivity index (χ4n) is 3.27. The Morgan fingerprint density at radius 3 is 2.87 bits per heavy atom. The molecule has 0 spiro atoms. The number of fused-ring (bicyclic) bond motifs is 3. The van der Waals surface area contributed by atoms with E-state index in [-0.39, 0.29) is 6.04 Å². The molecule has 3 heterocycles. The van der Waals surface area contributed by atoms with E-state index >= 15 is 0 Å². The van der Waals surface area contributed by atoms with Crippen LogP contribution in [-0.4, -0.2) is 42.3 Å². The van der Waals surface area contributed by atoms with Crippen molar-refractivity contribution in [1.82, 2.24) is 9.97 Å². The quantitative estimate of drug-likeness (QED) is 0.803. The van der Waals surface area contributed by atoms with Crippen LogP contribution in [0.1, 0.15) is 5.56 Å². The van der Waals surface area contributed by atoms with Gasteiger partial charge in [-0.1, -0.05) is 0 Å². The third-order valence-electron chi connectivity index (χ3n) is 4.35. The number of piperazine rings is 1. The second-order valence-corrected chi connectivity index (χ2v) is 5.90. The molecule has 0 saturated carbocycles. The Labute approximate surface area is 133 Å². The second kappa shape index (κ2) is 5.66. The minimum atomic E-state index is -0.420.